The normalized spacial score (nSPS) is 8.29. The summed E-state index contributed by atoms with van der Waals surface area (Å²) in [7, 11) is 0. The average molecular weight is 206 g/mol. The summed E-state index contributed by atoms with van der Waals surface area (Å²) >= 11 is 5.73. The molecule has 0 saturated heterocycles. The predicted octanol–water partition coefficient (Wildman–Crippen LogP) is 1.91. The molecule has 0 bridgehead atoms. The second kappa shape index (κ2) is 4.32. The molecule has 1 aromatic rings. The van der Waals surface area contributed by atoms with Crippen molar-refractivity contribution >= 4 is 17.6 Å². The standard InChI is InChI=1S/C10H4ClNO2/c11-9-5-1-3-8(10(13)14)7(9)4-2-6-12/h1,3,5H,(H,13,14). The minimum Gasteiger partial charge on any atom is -0.478 e. The largest absolute Gasteiger partial charge is 0.478 e. The molecule has 4 heteroatoms. The van der Waals surface area contributed by atoms with Gasteiger partial charge < -0.3 is 5.11 Å². The summed E-state index contributed by atoms with van der Waals surface area (Å²) in [6, 6.07) is 6.02. The molecule has 0 radical (unpaired) electrons. The highest BCUT2D eigenvalue weighted by Gasteiger charge is 2.10. The van der Waals surface area contributed by atoms with Gasteiger partial charge in [0.1, 0.15) is 0 Å². The van der Waals surface area contributed by atoms with Crippen LogP contribution >= 0.6 is 11.6 Å². The van der Waals surface area contributed by atoms with Crippen LogP contribution in [0.5, 0.6) is 0 Å². The van der Waals surface area contributed by atoms with E-state index in [0.29, 0.717) is 0 Å². The van der Waals surface area contributed by atoms with Crippen molar-refractivity contribution in [1.82, 2.24) is 0 Å². The van der Waals surface area contributed by atoms with Crippen LogP contribution in [-0.2, 0) is 0 Å². The third-order valence-electron chi connectivity index (χ3n) is 1.49. The summed E-state index contributed by atoms with van der Waals surface area (Å²) < 4.78 is 0. The Labute approximate surface area is 85.5 Å². The van der Waals surface area contributed by atoms with Crippen molar-refractivity contribution < 1.29 is 9.90 Å². The minimum absolute atomic E-state index is 0.000231. The Balaban J connectivity index is 3.38. The zero-order chi connectivity index (χ0) is 10.6. The molecular formula is C10H4ClNO2. The van der Waals surface area contributed by atoms with E-state index in [2.05, 4.69) is 11.8 Å². The van der Waals surface area contributed by atoms with Gasteiger partial charge in [0.25, 0.3) is 0 Å². The monoisotopic (exact) mass is 205 g/mol. The highest BCUT2D eigenvalue weighted by Crippen LogP contribution is 2.18. The van der Waals surface area contributed by atoms with Crippen LogP contribution in [0.3, 0.4) is 0 Å². The van der Waals surface area contributed by atoms with E-state index in [1.807, 2.05) is 0 Å². The molecule has 0 aliphatic rings. The van der Waals surface area contributed by atoms with Gasteiger partial charge in [0.05, 0.1) is 16.1 Å². The van der Waals surface area contributed by atoms with Crippen LogP contribution in [0.15, 0.2) is 18.2 Å². The number of aromatic carboxylic acids is 1. The molecule has 1 N–H and O–H groups in total. The van der Waals surface area contributed by atoms with Crippen LogP contribution in [-0.4, -0.2) is 11.1 Å². The molecule has 0 heterocycles. The maximum atomic E-state index is 10.7. The summed E-state index contributed by atoms with van der Waals surface area (Å²) in [5.74, 6) is 3.38. The van der Waals surface area contributed by atoms with E-state index < -0.39 is 5.97 Å². The van der Waals surface area contributed by atoms with Crippen LogP contribution in [0.4, 0.5) is 0 Å². The third kappa shape index (κ3) is 2.04. The van der Waals surface area contributed by atoms with Crippen molar-refractivity contribution in [3.05, 3.63) is 34.3 Å². The number of carbonyl (C=O) groups is 1. The Morgan fingerprint density at radius 3 is 2.79 bits per heavy atom. The third-order valence-corrected chi connectivity index (χ3v) is 1.80. The molecule has 0 fully saturated rings. The SMILES string of the molecule is N#CC#Cc1c(Cl)cccc1C(=O)O. The lowest BCUT2D eigenvalue weighted by atomic mass is 10.1. The molecule has 0 amide bonds. The van der Waals surface area contributed by atoms with E-state index in [1.54, 1.807) is 6.07 Å². The van der Waals surface area contributed by atoms with E-state index in [4.69, 9.17) is 22.0 Å². The van der Waals surface area contributed by atoms with Crippen LogP contribution in [0, 0.1) is 23.2 Å². The van der Waals surface area contributed by atoms with Crippen LogP contribution < -0.4 is 0 Å². The first-order chi connectivity index (χ1) is 6.66. The number of hydrogen-bond donors (Lipinski definition) is 1. The molecule has 14 heavy (non-hydrogen) atoms. The lowest BCUT2D eigenvalue weighted by molar-refractivity contribution is 0.0696. The predicted molar refractivity (Wildman–Crippen MR) is 50.9 cm³/mol. The number of carboxylic acids is 1. The number of rotatable bonds is 1. The van der Waals surface area contributed by atoms with Gasteiger partial charge in [-0.05, 0) is 18.1 Å². The van der Waals surface area contributed by atoms with Crippen molar-refractivity contribution in [2.75, 3.05) is 0 Å². The molecule has 0 spiro atoms. The molecule has 0 aromatic heterocycles. The number of halogens is 1. The van der Waals surface area contributed by atoms with E-state index in [0.717, 1.165) is 0 Å². The molecule has 0 unspecified atom stereocenters. The Kier molecular flexibility index (Phi) is 3.12. The first kappa shape index (κ1) is 10.1. The van der Waals surface area contributed by atoms with Crippen molar-refractivity contribution in [1.29, 1.82) is 5.26 Å². The van der Waals surface area contributed by atoms with Gasteiger partial charge in [-0.1, -0.05) is 17.7 Å². The van der Waals surface area contributed by atoms with Crippen molar-refractivity contribution in [3.63, 3.8) is 0 Å². The number of nitrogens with zero attached hydrogens (tertiary/aromatic N) is 1. The van der Waals surface area contributed by atoms with E-state index in [-0.39, 0.29) is 16.1 Å². The minimum atomic E-state index is -1.12. The van der Waals surface area contributed by atoms with Gasteiger partial charge in [0.2, 0.25) is 0 Å². The van der Waals surface area contributed by atoms with Gasteiger partial charge in [-0.25, -0.2) is 4.79 Å². The van der Waals surface area contributed by atoms with Gasteiger partial charge in [0.15, 0.2) is 6.07 Å². The molecular weight excluding hydrogens is 202 g/mol. The quantitative estimate of drug-likeness (QED) is 0.713. The van der Waals surface area contributed by atoms with Crippen LogP contribution in [0.1, 0.15) is 15.9 Å². The summed E-state index contributed by atoms with van der Waals surface area (Å²) in [5.41, 5.74) is 0.170. The highest BCUT2D eigenvalue weighted by molar-refractivity contribution is 6.32. The number of nitriles is 1. The molecule has 68 valence electrons. The van der Waals surface area contributed by atoms with E-state index in [9.17, 15) is 4.79 Å². The lowest BCUT2D eigenvalue weighted by Crippen LogP contribution is -2.00. The maximum Gasteiger partial charge on any atom is 0.337 e. The van der Waals surface area contributed by atoms with Crippen molar-refractivity contribution in [2.24, 2.45) is 0 Å². The van der Waals surface area contributed by atoms with Crippen LogP contribution in [0.25, 0.3) is 0 Å². The van der Waals surface area contributed by atoms with E-state index in [1.165, 1.54) is 18.2 Å². The molecule has 3 nitrogen and oxygen atoms in total. The molecule has 1 aromatic carbocycles. The second-order valence-corrected chi connectivity index (χ2v) is 2.74. The zero-order valence-electron chi connectivity index (χ0n) is 6.91. The van der Waals surface area contributed by atoms with Gasteiger partial charge in [-0.2, -0.15) is 5.26 Å². The Hall–Kier alpha value is -1.97. The van der Waals surface area contributed by atoms with Gasteiger partial charge in [-0.3, -0.25) is 0 Å². The van der Waals surface area contributed by atoms with Crippen molar-refractivity contribution in [2.45, 2.75) is 0 Å². The molecule has 0 aliphatic heterocycles. The average Bonchev–Trinajstić information content (AvgIpc) is 2.15. The first-order valence-electron chi connectivity index (χ1n) is 3.58. The summed E-state index contributed by atoms with van der Waals surface area (Å²) in [5, 5.41) is 17.2. The Morgan fingerprint density at radius 1 is 1.50 bits per heavy atom. The zero-order valence-corrected chi connectivity index (χ0v) is 7.67. The Bertz CT molecular complexity index is 477. The second-order valence-electron chi connectivity index (χ2n) is 2.33. The van der Waals surface area contributed by atoms with Crippen molar-refractivity contribution in [3.8, 4) is 17.9 Å². The first-order valence-corrected chi connectivity index (χ1v) is 3.96. The molecule has 0 atom stereocenters. The topological polar surface area (TPSA) is 61.1 Å². The van der Waals surface area contributed by atoms with Gasteiger partial charge in [0, 0.05) is 5.92 Å². The number of benzene rings is 1. The summed E-state index contributed by atoms with van der Waals surface area (Å²) in [6.45, 7) is 0. The summed E-state index contributed by atoms with van der Waals surface area (Å²) in [4.78, 5) is 10.7. The Morgan fingerprint density at radius 2 is 2.21 bits per heavy atom. The van der Waals surface area contributed by atoms with E-state index >= 15 is 0 Å². The fourth-order valence-corrected chi connectivity index (χ4v) is 1.14. The number of carboxylic acid groups (broad SMARTS) is 1. The number of hydrogen-bond acceptors (Lipinski definition) is 2. The smallest absolute Gasteiger partial charge is 0.337 e. The molecule has 0 saturated carbocycles. The van der Waals surface area contributed by atoms with Gasteiger partial charge >= 0.3 is 5.97 Å². The fourth-order valence-electron chi connectivity index (χ4n) is 0.920. The maximum absolute atomic E-state index is 10.7. The van der Waals surface area contributed by atoms with Crippen LogP contribution in [0.2, 0.25) is 5.02 Å². The van der Waals surface area contributed by atoms with Gasteiger partial charge in [-0.15, -0.1) is 0 Å². The molecule has 1 rings (SSSR count). The fraction of sp³-hybridized carbons (Fsp3) is 0. The molecule has 0 aliphatic carbocycles. The summed E-state index contributed by atoms with van der Waals surface area (Å²) in [6.07, 6.45) is 0. The highest BCUT2D eigenvalue weighted by atomic mass is 35.5. The lowest BCUT2D eigenvalue weighted by Gasteiger charge is -1.99.